The number of hydrogen-bond acceptors (Lipinski definition) is 2. The lowest BCUT2D eigenvalue weighted by atomic mass is 10.1. The Kier molecular flexibility index (Phi) is 4.45. The molecular weight excluding hydrogens is 358 g/mol. The molecule has 5 heteroatoms. The quantitative estimate of drug-likeness (QED) is 0.741. The van der Waals surface area contributed by atoms with Crippen LogP contribution < -0.4 is 0 Å². The highest BCUT2D eigenvalue weighted by Gasteiger charge is 2.34. The minimum Gasteiger partial charge on any atom is -0.337 e. The van der Waals surface area contributed by atoms with Crippen LogP contribution in [-0.4, -0.2) is 48.9 Å². The van der Waals surface area contributed by atoms with E-state index in [1.165, 1.54) is 12.1 Å². The van der Waals surface area contributed by atoms with Crippen molar-refractivity contribution in [3.63, 3.8) is 0 Å². The van der Waals surface area contributed by atoms with E-state index in [4.69, 9.17) is 0 Å². The summed E-state index contributed by atoms with van der Waals surface area (Å²) < 4.78 is 13.8. The highest BCUT2D eigenvalue weighted by Crippen LogP contribution is 2.23. The van der Waals surface area contributed by atoms with Crippen LogP contribution >= 0.6 is 22.6 Å². The molecule has 2 unspecified atom stereocenters. The molecule has 0 saturated carbocycles. The van der Waals surface area contributed by atoms with E-state index in [-0.39, 0.29) is 11.7 Å². The molecule has 1 aromatic rings. The predicted octanol–water partition coefficient (Wildman–Crippen LogP) is 2.45. The van der Waals surface area contributed by atoms with Gasteiger partial charge in [0.2, 0.25) is 0 Å². The highest BCUT2D eigenvalue weighted by molar-refractivity contribution is 14.1. The highest BCUT2D eigenvalue weighted by atomic mass is 127. The molecule has 1 aliphatic heterocycles. The lowest BCUT2D eigenvalue weighted by molar-refractivity contribution is 0.0780. The second kappa shape index (κ2) is 5.75. The Balaban J connectivity index is 2.17. The van der Waals surface area contributed by atoms with Gasteiger partial charge in [0, 0.05) is 22.7 Å². The summed E-state index contributed by atoms with van der Waals surface area (Å²) >= 11 is 2.01. The first kappa shape index (κ1) is 14.7. The fraction of sp³-hybridized carbons (Fsp3) is 0.500. The number of hydrogen-bond donors (Lipinski definition) is 0. The summed E-state index contributed by atoms with van der Waals surface area (Å²) in [6.07, 6.45) is 0. The number of halogens is 2. The minimum atomic E-state index is -0.304. The van der Waals surface area contributed by atoms with Crippen LogP contribution in [0.3, 0.4) is 0 Å². The molecule has 1 heterocycles. The van der Waals surface area contributed by atoms with Crippen molar-refractivity contribution in [3.8, 4) is 0 Å². The fourth-order valence-corrected chi connectivity index (χ4v) is 3.33. The normalized spacial score (nSPS) is 23.2. The number of likely N-dealkylation sites (N-methyl/N-ethyl adjacent to an activating group) is 1. The molecule has 1 aromatic carbocycles. The Morgan fingerprint density at radius 3 is 2.63 bits per heavy atom. The molecule has 2 atom stereocenters. The van der Waals surface area contributed by atoms with Crippen molar-refractivity contribution in [2.75, 3.05) is 27.2 Å². The van der Waals surface area contributed by atoms with Crippen molar-refractivity contribution in [3.05, 3.63) is 33.1 Å². The van der Waals surface area contributed by atoms with Crippen LogP contribution in [0.5, 0.6) is 0 Å². The smallest absolute Gasteiger partial charge is 0.254 e. The molecule has 1 aliphatic rings. The van der Waals surface area contributed by atoms with E-state index in [2.05, 4.69) is 11.8 Å². The molecular formula is C14H18FIN2O. The first-order valence-corrected chi connectivity index (χ1v) is 7.38. The number of likely N-dealkylation sites (tertiary alicyclic amines) is 1. The van der Waals surface area contributed by atoms with Crippen molar-refractivity contribution in [2.45, 2.75) is 13.0 Å². The monoisotopic (exact) mass is 376 g/mol. The summed E-state index contributed by atoms with van der Waals surface area (Å²) in [5, 5.41) is 0. The molecule has 2 rings (SSSR count). The predicted molar refractivity (Wildman–Crippen MR) is 81.7 cm³/mol. The van der Waals surface area contributed by atoms with E-state index in [1.807, 2.05) is 41.6 Å². The fourth-order valence-electron chi connectivity index (χ4n) is 2.62. The standard InChI is InChI=1S/C14H18FIN2O/c1-9-7-18(8-13(9)17(2)3)14(19)11-5-4-10(15)6-12(11)16/h4-6,9,13H,7-8H2,1-3H3. The maximum absolute atomic E-state index is 13.1. The zero-order chi connectivity index (χ0) is 14.2. The molecule has 104 valence electrons. The van der Waals surface area contributed by atoms with Gasteiger partial charge in [-0.3, -0.25) is 4.79 Å². The number of amides is 1. The maximum atomic E-state index is 13.1. The molecule has 3 nitrogen and oxygen atoms in total. The van der Waals surface area contributed by atoms with Gasteiger partial charge in [0.25, 0.3) is 5.91 Å². The van der Waals surface area contributed by atoms with Crippen LogP contribution in [0.2, 0.25) is 0 Å². The molecule has 19 heavy (non-hydrogen) atoms. The molecule has 0 aromatic heterocycles. The van der Waals surface area contributed by atoms with E-state index in [0.29, 0.717) is 21.1 Å². The molecule has 1 saturated heterocycles. The van der Waals surface area contributed by atoms with Crippen LogP contribution in [0, 0.1) is 15.3 Å². The second-order valence-corrected chi connectivity index (χ2v) is 6.50. The van der Waals surface area contributed by atoms with Gasteiger partial charge in [0.15, 0.2) is 0 Å². The van der Waals surface area contributed by atoms with E-state index >= 15 is 0 Å². The van der Waals surface area contributed by atoms with Crippen LogP contribution in [0.25, 0.3) is 0 Å². The largest absolute Gasteiger partial charge is 0.337 e. The first-order valence-electron chi connectivity index (χ1n) is 6.31. The molecule has 0 spiro atoms. The molecule has 0 aliphatic carbocycles. The lowest BCUT2D eigenvalue weighted by Gasteiger charge is -2.22. The van der Waals surface area contributed by atoms with Gasteiger partial charge in [0.1, 0.15) is 5.82 Å². The number of nitrogens with zero attached hydrogens (tertiary/aromatic N) is 2. The van der Waals surface area contributed by atoms with E-state index in [9.17, 15) is 9.18 Å². The summed E-state index contributed by atoms with van der Waals surface area (Å²) in [6.45, 7) is 3.66. The SMILES string of the molecule is CC1CN(C(=O)c2ccc(F)cc2I)CC1N(C)C. The van der Waals surface area contributed by atoms with E-state index in [1.54, 1.807) is 6.07 Å². The topological polar surface area (TPSA) is 23.6 Å². The average molecular weight is 376 g/mol. The lowest BCUT2D eigenvalue weighted by Crippen LogP contribution is -2.36. The van der Waals surface area contributed by atoms with Gasteiger partial charge in [-0.2, -0.15) is 0 Å². The van der Waals surface area contributed by atoms with Crippen molar-refractivity contribution < 1.29 is 9.18 Å². The third-order valence-electron chi connectivity index (χ3n) is 3.68. The van der Waals surface area contributed by atoms with Crippen molar-refractivity contribution in [1.29, 1.82) is 0 Å². The molecule has 1 fully saturated rings. The number of carbonyl (C=O) groups is 1. The van der Waals surface area contributed by atoms with Gasteiger partial charge < -0.3 is 9.80 Å². The molecule has 0 N–H and O–H groups in total. The molecule has 1 amide bonds. The minimum absolute atomic E-state index is 0.000556. The Morgan fingerprint density at radius 1 is 1.42 bits per heavy atom. The third kappa shape index (κ3) is 3.08. The van der Waals surface area contributed by atoms with E-state index in [0.717, 1.165) is 13.1 Å². The first-order chi connectivity index (χ1) is 8.90. The third-order valence-corrected chi connectivity index (χ3v) is 4.58. The summed E-state index contributed by atoms with van der Waals surface area (Å²) in [5.74, 6) is 0.152. The van der Waals surface area contributed by atoms with Gasteiger partial charge in [-0.15, -0.1) is 0 Å². The average Bonchev–Trinajstić information content (AvgIpc) is 2.70. The Morgan fingerprint density at radius 2 is 2.11 bits per heavy atom. The Hall–Kier alpha value is -0.690. The van der Waals surface area contributed by atoms with Gasteiger partial charge >= 0.3 is 0 Å². The van der Waals surface area contributed by atoms with Crippen LogP contribution in [0.1, 0.15) is 17.3 Å². The van der Waals surface area contributed by atoms with Gasteiger partial charge in [-0.05, 0) is 60.8 Å². The van der Waals surface area contributed by atoms with Crippen LogP contribution in [-0.2, 0) is 0 Å². The zero-order valence-electron chi connectivity index (χ0n) is 11.4. The summed E-state index contributed by atoms with van der Waals surface area (Å²) in [6, 6.07) is 4.71. The summed E-state index contributed by atoms with van der Waals surface area (Å²) in [7, 11) is 4.08. The van der Waals surface area contributed by atoms with E-state index < -0.39 is 0 Å². The Bertz CT molecular complexity index is 492. The molecule has 0 radical (unpaired) electrons. The van der Waals surface area contributed by atoms with Crippen LogP contribution in [0.4, 0.5) is 4.39 Å². The number of benzene rings is 1. The summed E-state index contributed by atoms with van der Waals surface area (Å²) in [4.78, 5) is 16.5. The van der Waals surface area contributed by atoms with Gasteiger partial charge in [-0.1, -0.05) is 6.92 Å². The number of carbonyl (C=O) groups excluding carboxylic acids is 1. The number of rotatable bonds is 2. The van der Waals surface area contributed by atoms with Crippen LogP contribution in [0.15, 0.2) is 18.2 Å². The maximum Gasteiger partial charge on any atom is 0.254 e. The zero-order valence-corrected chi connectivity index (χ0v) is 13.5. The Labute approximate surface area is 126 Å². The van der Waals surface area contributed by atoms with Crippen molar-refractivity contribution in [1.82, 2.24) is 9.80 Å². The molecule has 0 bridgehead atoms. The van der Waals surface area contributed by atoms with Gasteiger partial charge in [-0.25, -0.2) is 4.39 Å². The summed E-state index contributed by atoms with van der Waals surface area (Å²) in [5.41, 5.74) is 0.591. The van der Waals surface area contributed by atoms with Crippen molar-refractivity contribution in [2.24, 2.45) is 5.92 Å². The second-order valence-electron chi connectivity index (χ2n) is 5.34. The van der Waals surface area contributed by atoms with Gasteiger partial charge in [0.05, 0.1) is 5.56 Å². The van der Waals surface area contributed by atoms with Crippen molar-refractivity contribution >= 4 is 28.5 Å².